The average Bonchev–Trinajstić information content (AvgIpc) is 3.28. The van der Waals surface area contributed by atoms with Gasteiger partial charge in [-0.1, -0.05) is 43.3 Å². The molecule has 0 heterocycles. The van der Waals surface area contributed by atoms with Crippen LogP contribution in [0.1, 0.15) is 31.4 Å². The quantitative estimate of drug-likeness (QED) is 0.820. The normalized spacial score (nSPS) is 16.7. The van der Waals surface area contributed by atoms with Crippen LogP contribution in [0.5, 0.6) is 0 Å². The fourth-order valence-electron chi connectivity index (χ4n) is 2.32. The van der Waals surface area contributed by atoms with E-state index in [0.717, 1.165) is 18.4 Å². The van der Waals surface area contributed by atoms with Crippen molar-refractivity contribution in [2.24, 2.45) is 11.7 Å². The molecule has 2 rings (SSSR count). The van der Waals surface area contributed by atoms with Crippen molar-refractivity contribution in [1.82, 2.24) is 4.90 Å². The summed E-state index contributed by atoms with van der Waals surface area (Å²) >= 11 is 0. The van der Waals surface area contributed by atoms with Gasteiger partial charge in [0.05, 0.1) is 5.92 Å². The van der Waals surface area contributed by atoms with E-state index in [1.807, 2.05) is 42.2 Å². The summed E-state index contributed by atoms with van der Waals surface area (Å²) in [6.07, 6.45) is 4.00. The molecule has 0 aromatic heterocycles. The Morgan fingerprint density at radius 1 is 1.45 bits per heavy atom. The van der Waals surface area contributed by atoms with Gasteiger partial charge in [-0.15, -0.1) is 19.0 Å². The molecular weight excluding hydrogens is 272 g/mol. The van der Waals surface area contributed by atoms with E-state index in [2.05, 4.69) is 6.58 Å². The Balaban J connectivity index is 0.00000200. The highest BCUT2D eigenvalue weighted by Crippen LogP contribution is 2.30. The molecule has 1 amide bonds. The Hall–Kier alpha value is -1.32. The Morgan fingerprint density at radius 2 is 2.05 bits per heavy atom. The third kappa shape index (κ3) is 3.84. The van der Waals surface area contributed by atoms with E-state index in [1.165, 1.54) is 0 Å². The second kappa shape index (κ2) is 7.46. The van der Waals surface area contributed by atoms with Gasteiger partial charge >= 0.3 is 0 Å². The molecule has 110 valence electrons. The highest BCUT2D eigenvalue weighted by molar-refractivity contribution is 5.85. The first-order valence-corrected chi connectivity index (χ1v) is 6.87. The van der Waals surface area contributed by atoms with Gasteiger partial charge in [-0.2, -0.15) is 0 Å². The highest BCUT2D eigenvalue weighted by atomic mass is 35.5. The van der Waals surface area contributed by atoms with Crippen LogP contribution in [0, 0.1) is 5.92 Å². The first-order chi connectivity index (χ1) is 9.15. The topological polar surface area (TPSA) is 46.3 Å². The van der Waals surface area contributed by atoms with Crippen LogP contribution in [0.25, 0.3) is 0 Å². The first-order valence-electron chi connectivity index (χ1n) is 6.87. The zero-order chi connectivity index (χ0) is 13.8. The van der Waals surface area contributed by atoms with Gasteiger partial charge in [-0.3, -0.25) is 4.79 Å². The van der Waals surface area contributed by atoms with E-state index in [4.69, 9.17) is 5.73 Å². The third-order valence-electron chi connectivity index (χ3n) is 3.71. The maximum absolute atomic E-state index is 12.5. The molecule has 4 heteroatoms. The van der Waals surface area contributed by atoms with E-state index in [9.17, 15) is 4.79 Å². The van der Waals surface area contributed by atoms with Crippen molar-refractivity contribution in [3.05, 3.63) is 48.6 Å². The molecule has 3 nitrogen and oxygen atoms in total. The van der Waals surface area contributed by atoms with Gasteiger partial charge in [0.2, 0.25) is 5.91 Å². The summed E-state index contributed by atoms with van der Waals surface area (Å²) in [5.74, 6) is -0.0679. The van der Waals surface area contributed by atoms with Crippen LogP contribution in [0.3, 0.4) is 0 Å². The smallest absolute Gasteiger partial charge is 0.227 e. The minimum Gasteiger partial charge on any atom is -0.336 e. The molecule has 2 unspecified atom stereocenters. The number of hydrogen-bond acceptors (Lipinski definition) is 2. The van der Waals surface area contributed by atoms with Gasteiger partial charge < -0.3 is 10.6 Å². The average molecular weight is 295 g/mol. The molecule has 1 aliphatic rings. The van der Waals surface area contributed by atoms with Crippen molar-refractivity contribution in [1.29, 1.82) is 0 Å². The van der Waals surface area contributed by atoms with Crippen molar-refractivity contribution in [3.8, 4) is 0 Å². The van der Waals surface area contributed by atoms with Gasteiger partial charge in [0.15, 0.2) is 0 Å². The molecule has 0 radical (unpaired) electrons. The number of amides is 1. The molecule has 1 aliphatic carbocycles. The molecule has 0 spiro atoms. The van der Waals surface area contributed by atoms with Gasteiger partial charge in [0.25, 0.3) is 0 Å². The zero-order valence-corrected chi connectivity index (χ0v) is 12.7. The minimum atomic E-state index is -0.250. The molecule has 0 aliphatic heterocycles. The number of carbonyl (C=O) groups excluding carboxylic acids is 1. The molecule has 2 N–H and O–H groups in total. The second-order valence-electron chi connectivity index (χ2n) is 5.24. The van der Waals surface area contributed by atoms with Crippen LogP contribution in [-0.4, -0.2) is 23.4 Å². The fraction of sp³-hybridized carbons (Fsp3) is 0.438. The van der Waals surface area contributed by atoms with E-state index in [0.29, 0.717) is 12.6 Å². The predicted octanol–water partition coefficient (Wildman–Crippen LogP) is 2.92. The maximum Gasteiger partial charge on any atom is 0.227 e. The second-order valence-corrected chi connectivity index (χ2v) is 5.24. The van der Waals surface area contributed by atoms with E-state index >= 15 is 0 Å². The molecule has 1 saturated carbocycles. The lowest BCUT2D eigenvalue weighted by Gasteiger charge is -2.27. The Labute approximate surface area is 127 Å². The van der Waals surface area contributed by atoms with Crippen molar-refractivity contribution in [2.45, 2.75) is 31.8 Å². The van der Waals surface area contributed by atoms with Crippen LogP contribution < -0.4 is 5.73 Å². The SMILES string of the molecule is C=CCN(C(=O)C(C)C(N)c1ccccc1)C1CC1.Cl. The molecule has 2 atom stereocenters. The predicted molar refractivity (Wildman–Crippen MR) is 84.7 cm³/mol. The van der Waals surface area contributed by atoms with Crippen LogP contribution in [0.2, 0.25) is 0 Å². The largest absolute Gasteiger partial charge is 0.336 e. The number of rotatable bonds is 6. The number of carbonyl (C=O) groups is 1. The van der Waals surface area contributed by atoms with Gasteiger partial charge in [0, 0.05) is 18.6 Å². The van der Waals surface area contributed by atoms with Gasteiger partial charge in [-0.05, 0) is 18.4 Å². The Morgan fingerprint density at radius 3 is 2.55 bits per heavy atom. The lowest BCUT2D eigenvalue weighted by Crippen LogP contribution is -2.40. The highest BCUT2D eigenvalue weighted by Gasteiger charge is 2.35. The zero-order valence-electron chi connectivity index (χ0n) is 11.9. The number of hydrogen-bond donors (Lipinski definition) is 1. The minimum absolute atomic E-state index is 0. The van der Waals surface area contributed by atoms with Crippen LogP contribution in [0.4, 0.5) is 0 Å². The van der Waals surface area contributed by atoms with Crippen LogP contribution >= 0.6 is 12.4 Å². The fourth-order valence-corrected chi connectivity index (χ4v) is 2.32. The van der Waals surface area contributed by atoms with Crippen molar-refractivity contribution in [3.63, 3.8) is 0 Å². The van der Waals surface area contributed by atoms with E-state index in [1.54, 1.807) is 6.08 Å². The molecular formula is C16H23ClN2O. The molecule has 1 aromatic rings. The van der Waals surface area contributed by atoms with Crippen LogP contribution in [-0.2, 0) is 4.79 Å². The van der Waals surface area contributed by atoms with Gasteiger partial charge in [-0.25, -0.2) is 0 Å². The lowest BCUT2D eigenvalue weighted by molar-refractivity contribution is -0.135. The summed E-state index contributed by atoms with van der Waals surface area (Å²) < 4.78 is 0. The van der Waals surface area contributed by atoms with Crippen molar-refractivity contribution in [2.75, 3.05) is 6.54 Å². The maximum atomic E-state index is 12.5. The number of halogens is 1. The standard InChI is InChI=1S/C16H22N2O.ClH/c1-3-11-18(14-9-10-14)16(19)12(2)15(17)13-7-5-4-6-8-13;/h3-8,12,14-15H,1,9-11,17H2,2H3;1H. The van der Waals surface area contributed by atoms with Gasteiger partial charge in [0.1, 0.15) is 0 Å². The van der Waals surface area contributed by atoms with E-state index in [-0.39, 0.29) is 30.3 Å². The summed E-state index contributed by atoms with van der Waals surface area (Å²) in [5.41, 5.74) is 7.23. The lowest BCUT2D eigenvalue weighted by atomic mass is 9.94. The van der Waals surface area contributed by atoms with Crippen molar-refractivity contribution >= 4 is 18.3 Å². The molecule has 20 heavy (non-hydrogen) atoms. The monoisotopic (exact) mass is 294 g/mol. The summed E-state index contributed by atoms with van der Waals surface area (Å²) in [6.45, 7) is 6.27. The van der Waals surface area contributed by atoms with Crippen LogP contribution in [0.15, 0.2) is 43.0 Å². The molecule has 0 bridgehead atoms. The van der Waals surface area contributed by atoms with Crippen molar-refractivity contribution < 1.29 is 4.79 Å². The summed E-state index contributed by atoms with van der Waals surface area (Å²) in [6, 6.07) is 9.96. The van der Waals surface area contributed by atoms with E-state index < -0.39 is 0 Å². The summed E-state index contributed by atoms with van der Waals surface area (Å²) in [5, 5.41) is 0. The number of benzene rings is 1. The molecule has 0 saturated heterocycles. The summed E-state index contributed by atoms with van der Waals surface area (Å²) in [4.78, 5) is 14.4. The number of nitrogens with two attached hydrogens (primary N) is 1. The molecule has 1 fully saturated rings. The number of nitrogens with zero attached hydrogens (tertiary/aromatic N) is 1. The third-order valence-corrected chi connectivity index (χ3v) is 3.71. The molecule has 1 aromatic carbocycles. The first kappa shape index (κ1) is 16.7. The summed E-state index contributed by atoms with van der Waals surface area (Å²) in [7, 11) is 0. The Kier molecular flexibility index (Phi) is 6.24. The Bertz CT molecular complexity index is 445.